The molecule has 1 unspecified atom stereocenters. The first-order valence-electron chi connectivity index (χ1n) is 7.95. The van der Waals surface area contributed by atoms with Crippen LogP contribution in [0.5, 0.6) is 5.75 Å². The summed E-state index contributed by atoms with van der Waals surface area (Å²) >= 11 is 1.38. The van der Waals surface area contributed by atoms with Gasteiger partial charge in [-0.3, -0.25) is 0 Å². The molecule has 5 nitrogen and oxygen atoms in total. The highest BCUT2D eigenvalue weighted by atomic mass is 32.2. The van der Waals surface area contributed by atoms with Crippen molar-refractivity contribution >= 4 is 21.4 Å². The van der Waals surface area contributed by atoms with Gasteiger partial charge < -0.3 is 9.84 Å². The summed E-state index contributed by atoms with van der Waals surface area (Å²) in [5, 5.41) is 10.4. The first kappa shape index (κ1) is 18.6. The number of nitrogens with one attached hydrogen (secondary N) is 1. The van der Waals surface area contributed by atoms with Gasteiger partial charge in [-0.15, -0.1) is 11.3 Å². The number of rotatable bonds is 7. The minimum atomic E-state index is -3.64. The van der Waals surface area contributed by atoms with Crippen molar-refractivity contribution in [1.82, 2.24) is 4.72 Å². The zero-order valence-electron chi connectivity index (χ0n) is 14.1. The van der Waals surface area contributed by atoms with Crippen molar-refractivity contribution in [2.24, 2.45) is 0 Å². The van der Waals surface area contributed by atoms with E-state index in [1.807, 2.05) is 42.5 Å². The maximum absolute atomic E-state index is 12.4. The lowest BCUT2D eigenvalue weighted by Crippen LogP contribution is -2.22. The van der Waals surface area contributed by atoms with Crippen molar-refractivity contribution in [2.75, 3.05) is 7.11 Å². The molecule has 3 rings (SSSR count). The Morgan fingerprint density at radius 1 is 1.08 bits per heavy atom. The lowest BCUT2D eigenvalue weighted by Gasteiger charge is -2.09. The number of methoxy groups -OCH3 is 1. The topological polar surface area (TPSA) is 75.6 Å². The smallest absolute Gasteiger partial charge is 0.241 e. The van der Waals surface area contributed by atoms with Crippen LogP contribution in [0.2, 0.25) is 0 Å². The van der Waals surface area contributed by atoms with E-state index >= 15 is 0 Å². The van der Waals surface area contributed by atoms with Crippen LogP contribution in [0, 0.1) is 0 Å². The molecule has 0 fully saturated rings. The van der Waals surface area contributed by atoms with Gasteiger partial charge in [-0.1, -0.05) is 36.4 Å². The Labute approximate surface area is 156 Å². The van der Waals surface area contributed by atoms with Crippen LogP contribution in [0.25, 0.3) is 0 Å². The van der Waals surface area contributed by atoms with Gasteiger partial charge in [-0.05, 0) is 29.8 Å². The van der Waals surface area contributed by atoms with E-state index in [9.17, 15) is 13.5 Å². The molecule has 0 aliphatic carbocycles. The van der Waals surface area contributed by atoms with Crippen LogP contribution in [0.1, 0.15) is 21.4 Å². The molecule has 0 aliphatic heterocycles. The Morgan fingerprint density at radius 3 is 2.58 bits per heavy atom. The number of thiophene rings is 1. The fourth-order valence-electron chi connectivity index (χ4n) is 2.45. The Balaban J connectivity index is 1.69. The number of aliphatic hydroxyl groups excluding tert-OH is 1. The molecule has 2 N–H and O–H groups in total. The lowest BCUT2D eigenvalue weighted by molar-refractivity contribution is 0.224. The molecule has 0 saturated heterocycles. The Kier molecular flexibility index (Phi) is 5.73. The highest BCUT2D eigenvalue weighted by Gasteiger charge is 2.16. The zero-order valence-corrected chi connectivity index (χ0v) is 15.8. The molecule has 1 atom stereocenters. The van der Waals surface area contributed by atoms with Crippen molar-refractivity contribution in [2.45, 2.75) is 17.5 Å². The Bertz CT molecular complexity index is 968. The summed E-state index contributed by atoms with van der Waals surface area (Å²) in [6.07, 6.45) is -0.718. The number of benzene rings is 2. The molecule has 3 aromatic rings. The van der Waals surface area contributed by atoms with Crippen LogP contribution in [0.15, 0.2) is 71.6 Å². The summed E-state index contributed by atoms with van der Waals surface area (Å²) in [6.45, 7) is 0.158. The highest BCUT2D eigenvalue weighted by Crippen LogP contribution is 2.28. The average Bonchev–Trinajstić information content (AvgIpc) is 3.16. The number of hydrogen-bond donors (Lipinski definition) is 2. The summed E-state index contributed by atoms with van der Waals surface area (Å²) in [5.74, 6) is 0.484. The third-order valence-electron chi connectivity index (χ3n) is 3.86. The molecular weight excluding hydrogens is 370 g/mol. The van der Waals surface area contributed by atoms with Crippen molar-refractivity contribution in [3.05, 3.63) is 82.0 Å². The molecule has 0 bridgehead atoms. The Morgan fingerprint density at radius 2 is 1.85 bits per heavy atom. The van der Waals surface area contributed by atoms with Crippen LogP contribution in [0.3, 0.4) is 0 Å². The molecule has 1 heterocycles. The Hall–Kier alpha value is -2.19. The number of hydrogen-bond acceptors (Lipinski definition) is 5. The maximum atomic E-state index is 12.4. The van der Waals surface area contributed by atoms with E-state index in [0.717, 1.165) is 15.3 Å². The van der Waals surface area contributed by atoms with Crippen molar-refractivity contribution < 1.29 is 18.3 Å². The van der Waals surface area contributed by atoms with E-state index in [1.165, 1.54) is 30.6 Å². The molecular formula is C19H19NO4S2. The number of sulfonamides is 1. The van der Waals surface area contributed by atoms with E-state index < -0.39 is 16.1 Å². The van der Waals surface area contributed by atoms with Crippen LogP contribution in [-0.2, 0) is 16.6 Å². The van der Waals surface area contributed by atoms with Gasteiger partial charge in [-0.25, -0.2) is 13.1 Å². The van der Waals surface area contributed by atoms with Gasteiger partial charge in [0, 0.05) is 22.4 Å². The van der Waals surface area contributed by atoms with E-state index in [4.69, 9.17) is 4.74 Å². The van der Waals surface area contributed by atoms with Crippen molar-refractivity contribution in [3.8, 4) is 5.75 Å². The van der Waals surface area contributed by atoms with E-state index in [0.29, 0.717) is 5.75 Å². The molecule has 0 saturated carbocycles. The quantitative estimate of drug-likeness (QED) is 0.650. The summed E-state index contributed by atoms with van der Waals surface area (Å²) < 4.78 is 32.5. The summed E-state index contributed by atoms with van der Waals surface area (Å²) in [6, 6.07) is 19.3. The summed E-state index contributed by atoms with van der Waals surface area (Å²) in [7, 11) is -2.15. The minimum Gasteiger partial charge on any atom is -0.497 e. The first-order valence-corrected chi connectivity index (χ1v) is 10.2. The molecule has 0 radical (unpaired) electrons. The molecule has 1 aromatic heterocycles. The zero-order chi connectivity index (χ0) is 18.6. The molecule has 0 spiro atoms. The summed E-state index contributed by atoms with van der Waals surface area (Å²) in [4.78, 5) is 1.74. The van der Waals surface area contributed by atoms with Gasteiger partial charge in [0.15, 0.2) is 0 Å². The van der Waals surface area contributed by atoms with Crippen LogP contribution < -0.4 is 9.46 Å². The molecule has 0 aliphatic rings. The number of aliphatic hydroxyl groups is 1. The predicted molar refractivity (Wildman–Crippen MR) is 102 cm³/mol. The van der Waals surface area contributed by atoms with Gasteiger partial charge in [-0.2, -0.15) is 0 Å². The van der Waals surface area contributed by atoms with Crippen LogP contribution in [-0.4, -0.2) is 20.6 Å². The molecule has 2 aromatic carbocycles. The molecule has 0 amide bonds. The normalized spacial score (nSPS) is 12.7. The molecule has 7 heteroatoms. The van der Waals surface area contributed by atoms with Gasteiger partial charge in [0.2, 0.25) is 10.0 Å². The third-order valence-corrected chi connectivity index (χ3v) is 6.39. The van der Waals surface area contributed by atoms with Gasteiger partial charge >= 0.3 is 0 Å². The molecule has 26 heavy (non-hydrogen) atoms. The average molecular weight is 389 g/mol. The second-order valence-corrected chi connectivity index (χ2v) is 8.59. The summed E-state index contributed by atoms with van der Waals surface area (Å²) in [5.41, 5.74) is 0.804. The van der Waals surface area contributed by atoms with Crippen LogP contribution in [0.4, 0.5) is 0 Å². The van der Waals surface area contributed by atoms with E-state index in [1.54, 1.807) is 12.1 Å². The maximum Gasteiger partial charge on any atom is 0.241 e. The number of ether oxygens (including phenoxy) is 1. The van der Waals surface area contributed by atoms with Gasteiger partial charge in [0.1, 0.15) is 11.9 Å². The van der Waals surface area contributed by atoms with E-state index in [2.05, 4.69) is 4.72 Å². The second kappa shape index (κ2) is 8.01. The van der Waals surface area contributed by atoms with Crippen molar-refractivity contribution in [1.29, 1.82) is 0 Å². The van der Waals surface area contributed by atoms with Crippen LogP contribution >= 0.6 is 11.3 Å². The minimum absolute atomic E-state index is 0.151. The molecule has 136 valence electrons. The standard InChI is InChI=1S/C19H19NO4S2/c1-24-15-8-5-9-17(12-15)26(22,23)20-13-16-10-11-18(25-16)19(21)14-6-3-2-4-7-14/h2-12,19-21H,13H2,1H3. The highest BCUT2D eigenvalue weighted by molar-refractivity contribution is 7.89. The fourth-order valence-corrected chi connectivity index (χ4v) is 4.55. The predicted octanol–water partition coefficient (Wildman–Crippen LogP) is 3.32. The SMILES string of the molecule is COc1cccc(S(=O)(=O)NCc2ccc(C(O)c3ccccc3)s2)c1. The second-order valence-electron chi connectivity index (χ2n) is 5.62. The van der Waals surface area contributed by atoms with Gasteiger partial charge in [0.05, 0.1) is 12.0 Å². The largest absolute Gasteiger partial charge is 0.497 e. The van der Waals surface area contributed by atoms with Gasteiger partial charge in [0.25, 0.3) is 0 Å². The first-order chi connectivity index (χ1) is 12.5. The van der Waals surface area contributed by atoms with Crippen molar-refractivity contribution in [3.63, 3.8) is 0 Å². The fraction of sp³-hybridized carbons (Fsp3) is 0.158. The third kappa shape index (κ3) is 4.31. The lowest BCUT2D eigenvalue weighted by atomic mass is 10.1. The monoisotopic (exact) mass is 389 g/mol. The van der Waals surface area contributed by atoms with E-state index in [-0.39, 0.29) is 11.4 Å².